The highest BCUT2D eigenvalue weighted by molar-refractivity contribution is 8.02. The minimum Gasteiger partial charge on any atom is -0.384 e. The van der Waals surface area contributed by atoms with Gasteiger partial charge in [-0.05, 0) is 19.1 Å². The predicted octanol–water partition coefficient (Wildman–Crippen LogP) is 2.81. The fraction of sp³-hybridized carbons (Fsp3) is 0.636. The molecule has 0 aliphatic carbocycles. The molecule has 0 rings (SSSR count). The van der Waals surface area contributed by atoms with Crippen LogP contribution in [0.15, 0.2) is 11.0 Å². The van der Waals surface area contributed by atoms with Crippen molar-refractivity contribution in [1.29, 1.82) is 0 Å². The molecule has 0 saturated carbocycles. The van der Waals surface area contributed by atoms with Crippen molar-refractivity contribution >= 4 is 11.8 Å². The van der Waals surface area contributed by atoms with Gasteiger partial charge >= 0.3 is 0 Å². The molecule has 0 radical (unpaired) electrons. The van der Waals surface area contributed by atoms with Crippen molar-refractivity contribution in [2.45, 2.75) is 32.6 Å². The second-order valence-electron chi connectivity index (χ2n) is 2.73. The van der Waals surface area contributed by atoms with Gasteiger partial charge in [0, 0.05) is 0 Å². The van der Waals surface area contributed by atoms with Gasteiger partial charge in [0.25, 0.3) is 0 Å². The number of aliphatic hydroxyl groups is 1. The molecule has 0 aromatic rings. The highest BCUT2D eigenvalue weighted by Gasteiger charge is 1.88. The quantitative estimate of drug-likeness (QED) is 0.541. The zero-order valence-corrected chi connectivity index (χ0v) is 9.28. The van der Waals surface area contributed by atoms with Crippen LogP contribution < -0.4 is 0 Å². The summed E-state index contributed by atoms with van der Waals surface area (Å²) in [6, 6.07) is 0. The molecule has 1 N–H and O–H groups in total. The largest absolute Gasteiger partial charge is 0.384 e. The van der Waals surface area contributed by atoms with Gasteiger partial charge in [-0.2, -0.15) is 0 Å². The Morgan fingerprint density at radius 1 is 1.46 bits per heavy atom. The van der Waals surface area contributed by atoms with Crippen LogP contribution in [-0.4, -0.2) is 18.0 Å². The van der Waals surface area contributed by atoms with Crippen molar-refractivity contribution in [3.8, 4) is 11.8 Å². The molecule has 74 valence electrons. The smallest absolute Gasteiger partial charge is 0.104 e. The SMILES string of the molecule is CCCCC/C=C(/C#CCO)SC. The maximum Gasteiger partial charge on any atom is 0.104 e. The molecular formula is C11H18OS. The highest BCUT2D eigenvalue weighted by Crippen LogP contribution is 2.12. The Bertz CT molecular complexity index is 198. The van der Waals surface area contributed by atoms with Crippen molar-refractivity contribution in [1.82, 2.24) is 0 Å². The van der Waals surface area contributed by atoms with Gasteiger partial charge in [0.05, 0.1) is 4.91 Å². The van der Waals surface area contributed by atoms with Crippen molar-refractivity contribution < 1.29 is 5.11 Å². The minimum atomic E-state index is -0.0488. The topological polar surface area (TPSA) is 20.2 Å². The summed E-state index contributed by atoms with van der Waals surface area (Å²) in [6.07, 6.45) is 9.04. The Kier molecular flexibility index (Phi) is 9.41. The van der Waals surface area contributed by atoms with Crippen LogP contribution in [0.25, 0.3) is 0 Å². The van der Waals surface area contributed by atoms with Gasteiger partial charge in [0.15, 0.2) is 0 Å². The average molecular weight is 198 g/mol. The molecule has 0 atom stereocenters. The Morgan fingerprint density at radius 2 is 2.23 bits per heavy atom. The molecule has 0 aliphatic rings. The summed E-state index contributed by atoms with van der Waals surface area (Å²) < 4.78 is 0. The molecule has 0 amide bonds. The molecule has 2 heteroatoms. The van der Waals surface area contributed by atoms with Gasteiger partial charge in [-0.15, -0.1) is 11.8 Å². The Hall–Kier alpha value is -0.390. The van der Waals surface area contributed by atoms with Crippen molar-refractivity contribution in [2.75, 3.05) is 12.9 Å². The van der Waals surface area contributed by atoms with Crippen molar-refractivity contribution in [2.24, 2.45) is 0 Å². The summed E-state index contributed by atoms with van der Waals surface area (Å²) in [5.74, 6) is 5.58. The summed E-state index contributed by atoms with van der Waals surface area (Å²) in [5.41, 5.74) is 0. The predicted molar refractivity (Wildman–Crippen MR) is 60.6 cm³/mol. The molecule has 0 unspecified atom stereocenters. The van der Waals surface area contributed by atoms with Crippen LogP contribution in [0, 0.1) is 11.8 Å². The summed E-state index contributed by atoms with van der Waals surface area (Å²) >= 11 is 1.64. The van der Waals surface area contributed by atoms with E-state index in [4.69, 9.17) is 5.11 Å². The summed E-state index contributed by atoms with van der Waals surface area (Å²) in [5, 5.41) is 8.51. The lowest BCUT2D eigenvalue weighted by molar-refractivity contribution is 0.350. The van der Waals surface area contributed by atoms with Gasteiger partial charge in [-0.3, -0.25) is 0 Å². The van der Waals surface area contributed by atoms with E-state index >= 15 is 0 Å². The number of hydrogen-bond donors (Lipinski definition) is 1. The maximum absolute atomic E-state index is 8.51. The number of allylic oxidation sites excluding steroid dienone is 2. The van der Waals surface area contributed by atoms with E-state index < -0.39 is 0 Å². The molecule has 0 aliphatic heterocycles. The van der Waals surface area contributed by atoms with E-state index in [0.29, 0.717) is 0 Å². The van der Waals surface area contributed by atoms with Gasteiger partial charge in [-0.25, -0.2) is 0 Å². The van der Waals surface area contributed by atoms with Crippen LogP contribution in [0.4, 0.5) is 0 Å². The Balaban J connectivity index is 3.78. The molecule has 0 saturated heterocycles. The van der Waals surface area contributed by atoms with E-state index in [1.807, 2.05) is 6.26 Å². The number of unbranched alkanes of at least 4 members (excludes halogenated alkanes) is 3. The fourth-order valence-electron chi connectivity index (χ4n) is 0.940. The number of thioether (sulfide) groups is 1. The van der Waals surface area contributed by atoms with Crippen LogP contribution in [0.3, 0.4) is 0 Å². The monoisotopic (exact) mass is 198 g/mol. The second-order valence-corrected chi connectivity index (χ2v) is 3.58. The van der Waals surface area contributed by atoms with E-state index in [9.17, 15) is 0 Å². The van der Waals surface area contributed by atoms with Crippen LogP contribution in [0.5, 0.6) is 0 Å². The van der Waals surface area contributed by atoms with E-state index in [0.717, 1.165) is 11.3 Å². The zero-order chi connectivity index (χ0) is 9.94. The van der Waals surface area contributed by atoms with Gasteiger partial charge in [0.1, 0.15) is 6.61 Å². The average Bonchev–Trinajstić information content (AvgIpc) is 2.17. The lowest BCUT2D eigenvalue weighted by Gasteiger charge is -1.94. The molecule has 0 aromatic heterocycles. The van der Waals surface area contributed by atoms with Crippen molar-refractivity contribution in [3.63, 3.8) is 0 Å². The number of rotatable bonds is 5. The lowest BCUT2D eigenvalue weighted by Crippen LogP contribution is -1.77. The lowest BCUT2D eigenvalue weighted by atomic mass is 10.2. The van der Waals surface area contributed by atoms with Crippen LogP contribution in [0.1, 0.15) is 32.6 Å². The molecular weight excluding hydrogens is 180 g/mol. The molecule has 0 spiro atoms. The first-order valence-electron chi connectivity index (χ1n) is 4.69. The Labute approximate surface area is 85.6 Å². The van der Waals surface area contributed by atoms with E-state index in [2.05, 4.69) is 24.8 Å². The molecule has 0 aromatic carbocycles. The number of aliphatic hydroxyl groups excluding tert-OH is 1. The van der Waals surface area contributed by atoms with Gasteiger partial charge in [0.2, 0.25) is 0 Å². The molecule has 0 fully saturated rings. The zero-order valence-electron chi connectivity index (χ0n) is 8.47. The van der Waals surface area contributed by atoms with E-state index in [-0.39, 0.29) is 6.61 Å². The van der Waals surface area contributed by atoms with Crippen LogP contribution >= 0.6 is 11.8 Å². The molecule has 13 heavy (non-hydrogen) atoms. The first-order valence-corrected chi connectivity index (χ1v) is 5.91. The normalized spacial score (nSPS) is 10.8. The fourth-order valence-corrected chi connectivity index (χ4v) is 1.40. The maximum atomic E-state index is 8.51. The number of hydrogen-bond acceptors (Lipinski definition) is 2. The first kappa shape index (κ1) is 12.6. The van der Waals surface area contributed by atoms with Crippen LogP contribution in [-0.2, 0) is 0 Å². The molecule has 0 heterocycles. The minimum absolute atomic E-state index is 0.0488. The summed E-state index contributed by atoms with van der Waals surface area (Å²) in [7, 11) is 0. The molecule has 0 bridgehead atoms. The highest BCUT2D eigenvalue weighted by atomic mass is 32.2. The van der Waals surface area contributed by atoms with Gasteiger partial charge in [-0.1, -0.05) is 37.7 Å². The second kappa shape index (κ2) is 9.70. The van der Waals surface area contributed by atoms with E-state index in [1.165, 1.54) is 19.3 Å². The summed E-state index contributed by atoms with van der Waals surface area (Å²) in [6.45, 7) is 2.15. The Morgan fingerprint density at radius 3 is 2.77 bits per heavy atom. The third-order valence-corrected chi connectivity index (χ3v) is 2.36. The summed E-state index contributed by atoms with van der Waals surface area (Å²) in [4.78, 5) is 1.07. The molecule has 1 nitrogen and oxygen atoms in total. The standard InChI is InChI=1S/C11H18OS/c1-3-4-5-6-8-11(13-2)9-7-10-12/h8,12H,3-6,10H2,1-2H3/b11-8-. The third-order valence-electron chi connectivity index (χ3n) is 1.65. The van der Waals surface area contributed by atoms with E-state index in [1.54, 1.807) is 11.8 Å². The van der Waals surface area contributed by atoms with Crippen LogP contribution in [0.2, 0.25) is 0 Å². The third kappa shape index (κ3) is 7.95. The first-order chi connectivity index (χ1) is 6.35. The van der Waals surface area contributed by atoms with Crippen molar-refractivity contribution in [3.05, 3.63) is 11.0 Å². The van der Waals surface area contributed by atoms with Gasteiger partial charge < -0.3 is 5.11 Å².